The number of nitrogens with one attached hydrogen (secondary N) is 1. The molecule has 0 heterocycles. The van der Waals surface area contributed by atoms with E-state index in [9.17, 15) is 9.59 Å². The largest absolute Gasteiger partial charge is 0.496 e. The molecule has 0 bridgehead atoms. The number of methoxy groups -OCH3 is 2. The van der Waals surface area contributed by atoms with Crippen LogP contribution in [0.25, 0.3) is 0 Å². The molecule has 1 amide bonds. The number of aryl methyl sites for hydroxylation is 1. The number of benzene rings is 1. The molecule has 0 aromatic heterocycles. The highest BCUT2D eigenvalue weighted by atomic mass is 16.5. The SMILES string of the molecule is COC(=O)CC(C)NC(=O)c1ccc(C)c(OC)c1. The lowest BCUT2D eigenvalue weighted by atomic mass is 10.1. The van der Waals surface area contributed by atoms with E-state index in [1.165, 1.54) is 7.11 Å². The second-order valence-corrected chi connectivity index (χ2v) is 4.34. The van der Waals surface area contributed by atoms with Crippen molar-refractivity contribution in [1.29, 1.82) is 0 Å². The molecule has 0 aliphatic rings. The minimum atomic E-state index is -0.353. The number of carbonyl (C=O) groups excluding carboxylic acids is 2. The topological polar surface area (TPSA) is 64.6 Å². The van der Waals surface area contributed by atoms with Gasteiger partial charge in [0.2, 0.25) is 0 Å². The van der Waals surface area contributed by atoms with Gasteiger partial charge in [0.15, 0.2) is 0 Å². The van der Waals surface area contributed by atoms with Gasteiger partial charge in [0, 0.05) is 11.6 Å². The average molecular weight is 265 g/mol. The van der Waals surface area contributed by atoms with Crippen molar-refractivity contribution >= 4 is 11.9 Å². The Kier molecular flexibility index (Phi) is 5.36. The monoisotopic (exact) mass is 265 g/mol. The van der Waals surface area contributed by atoms with Gasteiger partial charge in [0.25, 0.3) is 5.91 Å². The molecule has 0 saturated carbocycles. The molecule has 19 heavy (non-hydrogen) atoms. The Bertz CT molecular complexity index is 471. The quantitative estimate of drug-likeness (QED) is 0.823. The van der Waals surface area contributed by atoms with Crippen LogP contribution in [0, 0.1) is 6.92 Å². The highest BCUT2D eigenvalue weighted by Crippen LogP contribution is 2.18. The van der Waals surface area contributed by atoms with E-state index in [0.717, 1.165) is 5.56 Å². The van der Waals surface area contributed by atoms with Crippen molar-refractivity contribution in [2.24, 2.45) is 0 Å². The maximum Gasteiger partial charge on any atom is 0.307 e. The second-order valence-electron chi connectivity index (χ2n) is 4.34. The lowest BCUT2D eigenvalue weighted by molar-refractivity contribution is -0.141. The normalized spacial score (nSPS) is 11.6. The van der Waals surface area contributed by atoms with Crippen LogP contribution in [0.4, 0.5) is 0 Å². The summed E-state index contributed by atoms with van der Waals surface area (Å²) in [5.41, 5.74) is 1.46. The third kappa shape index (κ3) is 4.28. The van der Waals surface area contributed by atoms with E-state index in [-0.39, 0.29) is 24.3 Å². The maximum absolute atomic E-state index is 12.0. The Morgan fingerprint density at radius 1 is 1.32 bits per heavy atom. The molecule has 0 radical (unpaired) electrons. The molecular formula is C14H19NO4. The first-order valence-electron chi connectivity index (χ1n) is 6.00. The van der Waals surface area contributed by atoms with E-state index in [1.54, 1.807) is 26.2 Å². The number of ether oxygens (including phenoxy) is 2. The summed E-state index contributed by atoms with van der Waals surface area (Å²) >= 11 is 0. The summed E-state index contributed by atoms with van der Waals surface area (Å²) in [6.45, 7) is 3.65. The van der Waals surface area contributed by atoms with Crippen LogP contribution in [0.2, 0.25) is 0 Å². The highest BCUT2D eigenvalue weighted by Gasteiger charge is 2.14. The Morgan fingerprint density at radius 2 is 2.00 bits per heavy atom. The Labute approximate surface area is 112 Å². The number of amides is 1. The van der Waals surface area contributed by atoms with Crippen LogP contribution in [0.5, 0.6) is 5.75 Å². The molecule has 1 aromatic carbocycles. The predicted octanol–water partition coefficient (Wildman–Crippen LogP) is 1.69. The van der Waals surface area contributed by atoms with Crippen molar-refractivity contribution < 1.29 is 19.1 Å². The van der Waals surface area contributed by atoms with Gasteiger partial charge in [-0.2, -0.15) is 0 Å². The molecule has 1 aromatic rings. The Morgan fingerprint density at radius 3 is 2.58 bits per heavy atom. The van der Waals surface area contributed by atoms with Gasteiger partial charge >= 0.3 is 5.97 Å². The van der Waals surface area contributed by atoms with E-state index in [4.69, 9.17) is 4.74 Å². The lowest BCUT2D eigenvalue weighted by Gasteiger charge is -2.13. The molecule has 5 nitrogen and oxygen atoms in total. The standard InChI is InChI=1S/C14H19NO4/c1-9-5-6-11(8-12(9)18-3)14(17)15-10(2)7-13(16)19-4/h5-6,8,10H,7H2,1-4H3,(H,15,17). The zero-order valence-electron chi connectivity index (χ0n) is 11.6. The zero-order chi connectivity index (χ0) is 14.4. The number of rotatable bonds is 5. The maximum atomic E-state index is 12.0. The van der Waals surface area contributed by atoms with Crippen LogP contribution in [0.3, 0.4) is 0 Å². The van der Waals surface area contributed by atoms with E-state index in [1.807, 2.05) is 13.0 Å². The summed E-state index contributed by atoms with van der Waals surface area (Å²) in [4.78, 5) is 23.1. The number of esters is 1. The smallest absolute Gasteiger partial charge is 0.307 e. The van der Waals surface area contributed by atoms with Crippen molar-refractivity contribution in [3.05, 3.63) is 29.3 Å². The van der Waals surface area contributed by atoms with Crippen LogP contribution in [-0.4, -0.2) is 32.1 Å². The Balaban J connectivity index is 2.70. The molecule has 1 unspecified atom stereocenters. The fourth-order valence-electron chi connectivity index (χ4n) is 1.65. The van der Waals surface area contributed by atoms with E-state index in [2.05, 4.69) is 10.1 Å². The third-order valence-corrected chi connectivity index (χ3v) is 2.75. The van der Waals surface area contributed by atoms with Crippen molar-refractivity contribution in [2.75, 3.05) is 14.2 Å². The minimum Gasteiger partial charge on any atom is -0.496 e. The van der Waals surface area contributed by atoms with Crippen molar-refractivity contribution in [3.63, 3.8) is 0 Å². The van der Waals surface area contributed by atoms with E-state index < -0.39 is 0 Å². The summed E-state index contributed by atoms with van der Waals surface area (Å²) in [5.74, 6) is 0.0669. The van der Waals surface area contributed by atoms with Gasteiger partial charge in [-0.25, -0.2) is 0 Å². The van der Waals surface area contributed by atoms with Crippen LogP contribution in [0.1, 0.15) is 29.3 Å². The zero-order valence-corrected chi connectivity index (χ0v) is 11.6. The van der Waals surface area contributed by atoms with Gasteiger partial charge in [0.05, 0.1) is 20.6 Å². The molecule has 1 atom stereocenters. The summed E-state index contributed by atoms with van der Waals surface area (Å²) in [6, 6.07) is 4.93. The first-order chi connectivity index (χ1) is 8.97. The molecule has 0 spiro atoms. The van der Waals surface area contributed by atoms with Crippen molar-refractivity contribution in [2.45, 2.75) is 26.3 Å². The number of hydrogen-bond acceptors (Lipinski definition) is 4. The van der Waals surface area contributed by atoms with Gasteiger partial charge in [-0.1, -0.05) is 6.07 Å². The summed E-state index contributed by atoms with van der Waals surface area (Å²) < 4.78 is 9.72. The van der Waals surface area contributed by atoms with Crippen LogP contribution in [-0.2, 0) is 9.53 Å². The number of hydrogen-bond donors (Lipinski definition) is 1. The average Bonchev–Trinajstić information content (AvgIpc) is 2.38. The first kappa shape index (κ1) is 15.0. The summed E-state index contributed by atoms with van der Waals surface area (Å²) in [6.07, 6.45) is 0.144. The highest BCUT2D eigenvalue weighted by molar-refractivity contribution is 5.95. The molecule has 0 aliphatic heterocycles. The predicted molar refractivity (Wildman–Crippen MR) is 71.3 cm³/mol. The van der Waals surface area contributed by atoms with Gasteiger partial charge in [-0.15, -0.1) is 0 Å². The fourth-order valence-corrected chi connectivity index (χ4v) is 1.65. The van der Waals surface area contributed by atoms with Crippen molar-refractivity contribution in [1.82, 2.24) is 5.32 Å². The van der Waals surface area contributed by atoms with Crippen molar-refractivity contribution in [3.8, 4) is 5.75 Å². The van der Waals surface area contributed by atoms with Crippen LogP contribution >= 0.6 is 0 Å². The molecule has 5 heteroatoms. The fraction of sp³-hybridized carbons (Fsp3) is 0.429. The molecule has 1 N–H and O–H groups in total. The summed E-state index contributed by atoms with van der Waals surface area (Å²) in [5, 5.41) is 2.74. The minimum absolute atomic E-state index is 0.144. The second kappa shape index (κ2) is 6.78. The van der Waals surface area contributed by atoms with Crippen LogP contribution < -0.4 is 10.1 Å². The number of carbonyl (C=O) groups is 2. The van der Waals surface area contributed by atoms with Gasteiger partial charge in [0.1, 0.15) is 5.75 Å². The molecule has 1 rings (SSSR count). The third-order valence-electron chi connectivity index (χ3n) is 2.75. The van der Waals surface area contributed by atoms with Gasteiger partial charge in [-0.3, -0.25) is 9.59 Å². The van der Waals surface area contributed by atoms with Crippen LogP contribution in [0.15, 0.2) is 18.2 Å². The van der Waals surface area contributed by atoms with E-state index >= 15 is 0 Å². The molecule has 0 fully saturated rings. The van der Waals surface area contributed by atoms with E-state index in [0.29, 0.717) is 11.3 Å². The molecule has 0 aliphatic carbocycles. The molecule has 104 valence electrons. The lowest BCUT2D eigenvalue weighted by Crippen LogP contribution is -2.34. The summed E-state index contributed by atoms with van der Waals surface area (Å²) in [7, 11) is 2.88. The Hall–Kier alpha value is -2.04. The van der Waals surface area contributed by atoms with Gasteiger partial charge < -0.3 is 14.8 Å². The first-order valence-corrected chi connectivity index (χ1v) is 6.00. The molecular weight excluding hydrogens is 246 g/mol. The van der Waals surface area contributed by atoms with Gasteiger partial charge in [-0.05, 0) is 31.5 Å². The molecule has 0 saturated heterocycles.